The maximum atomic E-state index is 11.6. The van der Waals surface area contributed by atoms with E-state index in [2.05, 4.69) is 15.5 Å². The van der Waals surface area contributed by atoms with E-state index in [1.54, 1.807) is 6.21 Å². The van der Waals surface area contributed by atoms with Gasteiger partial charge in [-0.15, -0.1) is 0 Å². The van der Waals surface area contributed by atoms with Gasteiger partial charge in [0, 0.05) is 0 Å². The van der Waals surface area contributed by atoms with E-state index < -0.39 is 0 Å². The predicted octanol–water partition coefficient (Wildman–Crippen LogP) is 2.84. The maximum absolute atomic E-state index is 11.6. The summed E-state index contributed by atoms with van der Waals surface area (Å²) in [7, 11) is 1.35. The van der Waals surface area contributed by atoms with Gasteiger partial charge in [0.25, 0.3) is 0 Å². The number of aryl methyl sites for hydroxylation is 2. The van der Waals surface area contributed by atoms with Gasteiger partial charge in [-0.3, -0.25) is 5.43 Å². The highest BCUT2D eigenvalue weighted by Crippen LogP contribution is 2.24. The van der Waals surface area contributed by atoms with Crippen LogP contribution in [0.5, 0.6) is 0 Å². The number of methoxy groups -OCH3 is 1. The Morgan fingerprint density at radius 2 is 2.40 bits per heavy atom. The third-order valence-electron chi connectivity index (χ3n) is 2.52. The van der Waals surface area contributed by atoms with Gasteiger partial charge in [-0.2, -0.15) is 5.10 Å². The Balaban J connectivity index is 2.08. The summed E-state index contributed by atoms with van der Waals surface area (Å²) in [6.45, 7) is 3.79. The molecule has 0 spiro atoms. The SMILES string of the molecule is CCc1nc(N/N=C\c2ccc(C)o2)sc1C(=O)OC. The van der Waals surface area contributed by atoms with Gasteiger partial charge < -0.3 is 9.15 Å². The van der Waals surface area contributed by atoms with Crippen molar-refractivity contribution in [1.29, 1.82) is 0 Å². The third kappa shape index (κ3) is 3.24. The molecule has 0 amide bonds. The number of hydrogen-bond acceptors (Lipinski definition) is 7. The Morgan fingerprint density at radius 1 is 1.60 bits per heavy atom. The number of nitrogens with zero attached hydrogens (tertiary/aromatic N) is 2. The van der Waals surface area contributed by atoms with E-state index in [0.717, 1.165) is 5.76 Å². The fraction of sp³-hybridized carbons (Fsp3) is 0.308. The molecule has 6 nitrogen and oxygen atoms in total. The van der Waals surface area contributed by atoms with Crippen molar-refractivity contribution < 1.29 is 13.9 Å². The first kappa shape index (κ1) is 14.3. The predicted molar refractivity (Wildman–Crippen MR) is 77.5 cm³/mol. The van der Waals surface area contributed by atoms with Crippen molar-refractivity contribution in [2.24, 2.45) is 5.10 Å². The van der Waals surface area contributed by atoms with Gasteiger partial charge in [0.05, 0.1) is 19.0 Å². The Kier molecular flexibility index (Phi) is 4.52. The quantitative estimate of drug-likeness (QED) is 0.521. The molecule has 0 aliphatic rings. The van der Waals surface area contributed by atoms with E-state index >= 15 is 0 Å². The molecule has 2 heterocycles. The molecule has 106 valence electrons. The van der Waals surface area contributed by atoms with Crippen LogP contribution in [0, 0.1) is 6.92 Å². The first-order valence-electron chi connectivity index (χ1n) is 6.07. The van der Waals surface area contributed by atoms with Crippen LogP contribution in [0.25, 0.3) is 0 Å². The highest BCUT2D eigenvalue weighted by molar-refractivity contribution is 7.17. The zero-order valence-corrected chi connectivity index (χ0v) is 12.3. The van der Waals surface area contributed by atoms with Crippen LogP contribution in [-0.4, -0.2) is 24.3 Å². The number of ether oxygens (including phenoxy) is 1. The highest BCUT2D eigenvalue weighted by atomic mass is 32.1. The second kappa shape index (κ2) is 6.33. The van der Waals surface area contributed by atoms with E-state index in [0.29, 0.717) is 27.9 Å². The lowest BCUT2D eigenvalue weighted by atomic mass is 10.3. The van der Waals surface area contributed by atoms with Gasteiger partial charge in [-0.05, 0) is 25.5 Å². The number of carbonyl (C=O) groups is 1. The van der Waals surface area contributed by atoms with Gasteiger partial charge in [0.1, 0.15) is 16.4 Å². The highest BCUT2D eigenvalue weighted by Gasteiger charge is 2.17. The van der Waals surface area contributed by atoms with Gasteiger partial charge in [0.15, 0.2) is 0 Å². The molecule has 0 bridgehead atoms. The van der Waals surface area contributed by atoms with Crippen molar-refractivity contribution in [3.8, 4) is 0 Å². The summed E-state index contributed by atoms with van der Waals surface area (Å²) in [6, 6.07) is 3.68. The van der Waals surface area contributed by atoms with Crippen molar-refractivity contribution >= 4 is 28.7 Å². The number of furan rings is 1. The number of thiazole rings is 1. The summed E-state index contributed by atoms with van der Waals surface area (Å²) >= 11 is 1.22. The molecule has 0 aliphatic carbocycles. The van der Waals surface area contributed by atoms with E-state index in [-0.39, 0.29) is 5.97 Å². The molecule has 0 fully saturated rings. The average Bonchev–Trinajstić information content (AvgIpc) is 3.04. The lowest BCUT2D eigenvalue weighted by molar-refractivity contribution is 0.0605. The molecule has 2 aromatic heterocycles. The van der Waals surface area contributed by atoms with Crippen LogP contribution in [0.2, 0.25) is 0 Å². The molecular weight excluding hydrogens is 278 g/mol. The van der Waals surface area contributed by atoms with Crippen LogP contribution in [0.4, 0.5) is 5.13 Å². The summed E-state index contributed by atoms with van der Waals surface area (Å²) in [5.74, 6) is 1.09. The van der Waals surface area contributed by atoms with Crippen molar-refractivity contribution in [1.82, 2.24) is 4.98 Å². The van der Waals surface area contributed by atoms with Crippen molar-refractivity contribution in [3.63, 3.8) is 0 Å². The van der Waals surface area contributed by atoms with Crippen LogP contribution in [0.1, 0.15) is 33.8 Å². The van der Waals surface area contributed by atoms with Crippen molar-refractivity contribution in [2.75, 3.05) is 12.5 Å². The third-order valence-corrected chi connectivity index (χ3v) is 3.50. The molecule has 0 aliphatic heterocycles. The Hall–Kier alpha value is -2.15. The van der Waals surface area contributed by atoms with Gasteiger partial charge in [0.2, 0.25) is 5.13 Å². The van der Waals surface area contributed by atoms with Crippen LogP contribution < -0.4 is 5.43 Å². The van der Waals surface area contributed by atoms with Gasteiger partial charge >= 0.3 is 5.97 Å². The van der Waals surface area contributed by atoms with E-state index in [1.165, 1.54) is 18.4 Å². The summed E-state index contributed by atoms with van der Waals surface area (Å²) in [5, 5.41) is 4.57. The number of rotatable bonds is 5. The number of carbonyl (C=O) groups excluding carboxylic acids is 1. The molecule has 0 saturated carbocycles. The Labute approximate surface area is 120 Å². The molecule has 0 unspecified atom stereocenters. The summed E-state index contributed by atoms with van der Waals surface area (Å²) < 4.78 is 10.1. The molecule has 20 heavy (non-hydrogen) atoms. The molecule has 0 radical (unpaired) electrons. The lowest BCUT2D eigenvalue weighted by Crippen LogP contribution is -2.01. The molecule has 0 saturated heterocycles. The summed E-state index contributed by atoms with van der Waals surface area (Å²) in [4.78, 5) is 16.4. The Bertz CT molecular complexity index is 631. The topological polar surface area (TPSA) is 76.7 Å². The van der Waals surface area contributed by atoms with Crippen LogP contribution >= 0.6 is 11.3 Å². The first-order valence-corrected chi connectivity index (χ1v) is 6.89. The molecule has 7 heteroatoms. The minimum Gasteiger partial charge on any atom is -0.465 e. The maximum Gasteiger partial charge on any atom is 0.350 e. The number of aromatic nitrogens is 1. The van der Waals surface area contributed by atoms with E-state index in [9.17, 15) is 4.79 Å². The molecular formula is C13H15N3O3S. The second-order valence-corrected chi connectivity index (χ2v) is 4.96. The zero-order valence-electron chi connectivity index (χ0n) is 11.5. The number of hydrazone groups is 1. The average molecular weight is 293 g/mol. The molecule has 2 aromatic rings. The minimum atomic E-state index is -0.377. The smallest absolute Gasteiger partial charge is 0.350 e. The molecule has 2 rings (SSSR count). The van der Waals surface area contributed by atoms with E-state index in [1.807, 2.05) is 26.0 Å². The summed E-state index contributed by atoms with van der Waals surface area (Å²) in [5.41, 5.74) is 3.49. The number of esters is 1. The van der Waals surface area contributed by atoms with Crippen molar-refractivity contribution in [2.45, 2.75) is 20.3 Å². The van der Waals surface area contributed by atoms with Crippen LogP contribution in [0.3, 0.4) is 0 Å². The van der Waals surface area contributed by atoms with Crippen molar-refractivity contribution in [3.05, 3.63) is 34.2 Å². The number of nitrogens with one attached hydrogen (secondary N) is 1. The normalized spacial score (nSPS) is 10.9. The number of anilines is 1. The zero-order chi connectivity index (χ0) is 14.5. The minimum absolute atomic E-state index is 0.377. The lowest BCUT2D eigenvalue weighted by Gasteiger charge is -1.95. The first-order chi connectivity index (χ1) is 9.63. The van der Waals surface area contributed by atoms with Gasteiger partial charge in [-0.25, -0.2) is 9.78 Å². The molecule has 1 N–H and O–H groups in total. The fourth-order valence-corrected chi connectivity index (χ4v) is 2.49. The second-order valence-electron chi connectivity index (χ2n) is 3.96. The van der Waals surface area contributed by atoms with Crippen LogP contribution in [-0.2, 0) is 11.2 Å². The molecule has 0 atom stereocenters. The fourth-order valence-electron chi connectivity index (χ4n) is 1.57. The largest absolute Gasteiger partial charge is 0.465 e. The Morgan fingerprint density at radius 3 is 3.00 bits per heavy atom. The number of hydrogen-bond donors (Lipinski definition) is 1. The van der Waals surface area contributed by atoms with Crippen LogP contribution in [0.15, 0.2) is 21.7 Å². The standard InChI is InChI=1S/C13H15N3O3S/c1-4-10-11(12(17)18-3)20-13(15-10)16-14-7-9-6-5-8(2)19-9/h5-7H,4H2,1-3H3,(H,15,16)/b14-7-. The summed E-state index contributed by atoms with van der Waals surface area (Å²) in [6.07, 6.45) is 2.21. The van der Waals surface area contributed by atoms with Gasteiger partial charge in [-0.1, -0.05) is 18.3 Å². The van der Waals surface area contributed by atoms with E-state index in [4.69, 9.17) is 9.15 Å². The monoisotopic (exact) mass is 293 g/mol. The molecule has 0 aromatic carbocycles.